The third-order valence-electron chi connectivity index (χ3n) is 6.58. The fourth-order valence-electron chi connectivity index (χ4n) is 5.27. The highest BCUT2D eigenvalue weighted by Gasteiger charge is 2.79. The number of hydrogen-bond donors (Lipinski definition) is 1. The van der Waals surface area contributed by atoms with Gasteiger partial charge in [0.05, 0.1) is 25.7 Å². The summed E-state index contributed by atoms with van der Waals surface area (Å²) in [6.45, 7) is 0. The first-order chi connectivity index (χ1) is 16.3. The maximum Gasteiger partial charge on any atom is 0.317 e. The van der Waals surface area contributed by atoms with E-state index in [4.69, 9.17) is 25.8 Å². The highest BCUT2D eigenvalue weighted by Crippen LogP contribution is 2.68. The largest absolute Gasteiger partial charge is 0.481 e. The van der Waals surface area contributed by atoms with E-state index in [2.05, 4.69) is 20.9 Å². The van der Waals surface area contributed by atoms with Crippen LogP contribution in [0.5, 0.6) is 11.6 Å². The molecule has 1 saturated carbocycles. The van der Waals surface area contributed by atoms with Crippen molar-refractivity contribution in [3.63, 3.8) is 0 Å². The van der Waals surface area contributed by atoms with Crippen molar-refractivity contribution in [1.29, 1.82) is 0 Å². The molecule has 9 heteroatoms. The summed E-state index contributed by atoms with van der Waals surface area (Å²) in [6, 6.07) is 17.4. The number of carbonyl (C=O) groups is 2. The van der Waals surface area contributed by atoms with Crippen LogP contribution in [0.15, 0.2) is 65.1 Å². The van der Waals surface area contributed by atoms with Crippen LogP contribution < -0.4 is 9.47 Å². The van der Waals surface area contributed by atoms with Gasteiger partial charge in [-0.15, -0.1) is 0 Å². The number of halogens is 2. The molecule has 2 aromatic carbocycles. The van der Waals surface area contributed by atoms with Crippen molar-refractivity contribution in [2.75, 3.05) is 14.2 Å². The highest BCUT2D eigenvalue weighted by atomic mass is 79.9. The highest BCUT2D eigenvalue weighted by molar-refractivity contribution is 9.10. The fraction of sp³-hybridized carbons (Fsp3) is 0.240. The second-order valence-electron chi connectivity index (χ2n) is 8.14. The Morgan fingerprint density at radius 2 is 1.82 bits per heavy atom. The number of pyridine rings is 1. The van der Waals surface area contributed by atoms with Crippen molar-refractivity contribution in [2.45, 2.75) is 17.1 Å². The van der Waals surface area contributed by atoms with Gasteiger partial charge in [-0.05, 0) is 23.3 Å². The van der Waals surface area contributed by atoms with Crippen LogP contribution in [0.3, 0.4) is 0 Å². The number of fused-ring (bicyclic) bond motifs is 3. The van der Waals surface area contributed by atoms with E-state index in [0.29, 0.717) is 11.1 Å². The Hall–Kier alpha value is -2.94. The molecule has 3 aromatic rings. The minimum Gasteiger partial charge on any atom is -0.481 e. The second kappa shape index (κ2) is 8.08. The van der Waals surface area contributed by atoms with E-state index in [1.807, 2.05) is 6.07 Å². The van der Waals surface area contributed by atoms with Gasteiger partial charge in [0.25, 0.3) is 0 Å². The molecule has 174 valence electrons. The zero-order valence-electron chi connectivity index (χ0n) is 18.1. The van der Waals surface area contributed by atoms with Crippen molar-refractivity contribution >= 4 is 39.3 Å². The summed E-state index contributed by atoms with van der Waals surface area (Å²) < 4.78 is 17.8. The molecule has 0 saturated heterocycles. The number of methoxy groups -OCH3 is 2. The predicted octanol–water partition coefficient (Wildman–Crippen LogP) is 4.14. The zero-order chi connectivity index (χ0) is 24.3. The van der Waals surface area contributed by atoms with Crippen molar-refractivity contribution in [2.24, 2.45) is 5.92 Å². The van der Waals surface area contributed by atoms with Gasteiger partial charge in [-0.3, -0.25) is 9.59 Å². The average Bonchev–Trinajstić information content (AvgIpc) is 3.21. The molecular weight excluding hydrogens is 526 g/mol. The predicted molar refractivity (Wildman–Crippen MR) is 126 cm³/mol. The summed E-state index contributed by atoms with van der Waals surface area (Å²) >= 11 is 9.62. The standard InChI is InChI=1S/C25H19BrClNO6/c1-32-22-20-16(12-17(27)28-22)34-25(14-8-10-15(26)11-9-14)19(13-6-4-3-5-7-13)18(23(30)33-2)21(29)24(20,25)31/h3-12,18-19,31H,1-2H3/t18-,19?,24+,25+/m1/s1. The van der Waals surface area contributed by atoms with Gasteiger partial charge >= 0.3 is 5.97 Å². The fourth-order valence-corrected chi connectivity index (χ4v) is 5.71. The van der Waals surface area contributed by atoms with Crippen molar-refractivity contribution in [1.82, 2.24) is 4.98 Å². The number of aliphatic hydroxyl groups is 1. The van der Waals surface area contributed by atoms with Crippen molar-refractivity contribution in [3.8, 4) is 11.6 Å². The maximum atomic E-state index is 14.1. The number of ketones is 1. The minimum absolute atomic E-state index is 0.0275. The smallest absolute Gasteiger partial charge is 0.317 e. The van der Waals surface area contributed by atoms with Gasteiger partial charge in [0.15, 0.2) is 11.4 Å². The number of ether oxygens (including phenoxy) is 3. The molecule has 0 amide bonds. The number of hydrogen-bond acceptors (Lipinski definition) is 7. The summed E-state index contributed by atoms with van der Waals surface area (Å²) in [5.41, 5.74) is -2.91. The van der Waals surface area contributed by atoms with E-state index >= 15 is 0 Å². The van der Waals surface area contributed by atoms with Crippen LogP contribution in [0.1, 0.15) is 22.6 Å². The molecule has 7 nitrogen and oxygen atoms in total. The topological polar surface area (TPSA) is 95.0 Å². The molecule has 1 N–H and O–H groups in total. The first-order valence-electron chi connectivity index (χ1n) is 10.4. The second-order valence-corrected chi connectivity index (χ2v) is 9.44. The van der Waals surface area contributed by atoms with E-state index in [1.54, 1.807) is 48.5 Å². The van der Waals surface area contributed by atoms with Crippen molar-refractivity contribution in [3.05, 3.63) is 87.0 Å². The summed E-state index contributed by atoms with van der Waals surface area (Å²) in [6.07, 6.45) is 0. The van der Waals surface area contributed by atoms with Crippen LogP contribution in [-0.2, 0) is 25.5 Å². The lowest BCUT2D eigenvalue weighted by Crippen LogP contribution is -2.50. The quantitative estimate of drug-likeness (QED) is 0.300. The SMILES string of the molecule is COC(=O)[C@H]1C(=O)[C@@]2(O)c3c(cc(Cl)nc3OC)O[C@@]2(c2ccc(Br)cc2)C1c1ccccc1. The number of rotatable bonds is 4. The normalized spacial score (nSPS) is 27.0. The average molecular weight is 545 g/mol. The number of carbonyl (C=O) groups excluding carboxylic acids is 2. The molecule has 0 spiro atoms. The maximum absolute atomic E-state index is 14.1. The van der Waals surface area contributed by atoms with E-state index in [-0.39, 0.29) is 22.3 Å². The molecule has 2 heterocycles. The molecule has 4 atom stereocenters. The molecule has 1 aromatic heterocycles. The third-order valence-corrected chi connectivity index (χ3v) is 7.30. The molecular formula is C25H19BrClNO6. The Kier molecular flexibility index (Phi) is 5.42. The monoisotopic (exact) mass is 543 g/mol. The Morgan fingerprint density at radius 3 is 2.44 bits per heavy atom. The Balaban J connectivity index is 1.91. The van der Waals surface area contributed by atoms with Gasteiger partial charge in [-0.2, -0.15) is 0 Å². The van der Waals surface area contributed by atoms with Gasteiger partial charge in [0.1, 0.15) is 16.8 Å². The number of Topliss-reactive ketones (excluding diaryl/α,β-unsaturated/α-hetero) is 1. The number of aromatic nitrogens is 1. The molecule has 1 unspecified atom stereocenters. The number of esters is 1. The van der Waals surface area contributed by atoms with Gasteiger partial charge < -0.3 is 19.3 Å². The van der Waals surface area contributed by atoms with Crippen LogP contribution in [0.2, 0.25) is 5.15 Å². The number of nitrogens with zero attached hydrogens (tertiary/aromatic N) is 1. The van der Waals surface area contributed by atoms with Gasteiger partial charge in [-0.25, -0.2) is 4.98 Å². The summed E-state index contributed by atoms with van der Waals surface area (Å²) in [5.74, 6) is -3.73. The van der Waals surface area contributed by atoms with Crippen molar-refractivity contribution < 1.29 is 28.9 Å². The summed E-state index contributed by atoms with van der Waals surface area (Å²) in [7, 11) is 2.56. The first kappa shape index (κ1) is 22.8. The third kappa shape index (κ3) is 2.88. The number of benzene rings is 2. The lowest BCUT2D eigenvalue weighted by Gasteiger charge is -2.39. The van der Waals surface area contributed by atoms with Crippen LogP contribution in [-0.4, -0.2) is 36.1 Å². The van der Waals surface area contributed by atoms with E-state index < -0.39 is 34.8 Å². The Labute approximate surface area is 208 Å². The molecule has 34 heavy (non-hydrogen) atoms. The van der Waals surface area contributed by atoms with Crippen LogP contribution >= 0.6 is 27.5 Å². The molecule has 1 fully saturated rings. The molecule has 1 aliphatic heterocycles. The molecule has 0 radical (unpaired) electrons. The lowest BCUT2D eigenvalue weighted by atomic mass is 9.71. The van der Waals surface area contributed by atoms with Crippen LogP contribution in [0, 0.1) is 5.92 Å². The Morgan fingerprint density at radius 1 is 1.15 bits per heavy atom. The van der Waals surface area contributed by atoms with Gasteiger partial charge in [-0.1, -0.05) is 70.0 Å². The Bertz CT molecular complexity index is 1300. The molecule has 5 rings (SSSR count). The van der Waals surface area contributed by atoms with Crippen LogP contribution in [0.4, 0.5) is 0 Å². The van der Waals surface area contributed by atoms with Gasteiger partial charge in [0, 0.05) is 10.5 Å². The van der Waals surface area contributed by atoms with E-state index in [1.165, 1.54) is 20.3 Å². The lowest BCUT2D eigenvalue weighted by molar-refractivity contribution is -0.155. The zero-order valence-corrected chi connectivity index (χ0v) is 20.5. The van der Waals surface area contributed by atoms with E-state index in [9.17, 15) is 14.7 Å². The first-order valence-corrected chi connectivity index (χ1v) is 11.6. The summed E-state index contributed by atoms with van der Waals surface area (Å²) in [5, 5.41) is 12.5. The molecule has 0 bridgehead atoms. The molecule has 1 aliphatic carbocycles. The van der Waals surface area contributed by atoms with E-state index in [0.717, 1.165) is 4.47 Å². The minimum atomic E-state index is -2.32. The molecule has 2 aliphatic rings. The van der Waals surface area contributed by atoms with Gasteiger partial charge in [0.2, 0.25) is 11.5 Å². The van der Waals surface area contributed by atoms with Crippen LogP contribution in [0.25, 0.3) is 0 Å². The summed E-state index contributed by atoms with van der Waals surface area (Å²) in [4.78, 5) is 31.3.